The summed E-state index contributed by atoms with van der Waals surface area (Å²) < 4.78 is 28.6. The fourth-order valence-electron chi connectivity index (χ4n) is 1.71. The van der Waals surface area contributed by atoms with Gasteiger partial charge in [-0.1, -0.05) is 48.0 Å². The highest BCUT2D eigenvalue weighted by Gasteiger charge is 2.25. The van der Waals surface area contributed by atoms with Gasteiger partial charge in [0.1, 0.15) is 10.9 Å². The number of hydrogen-bond donors (Lipinski definition) is 1. The Morgan fingerprint density at radius 1 is 1.05 bits per heavy atom. The van der Waals surface area contributed by atoms with E-state index in [-0.39, 0.29) is 4.90 Å². The molecule has 2 aromatic rings. The predicted octanol–water partition coefficient (Wildman–Crippen LogP) is 1.93. The number of rotatable bonds is 4. The van der Waals surface area contributed by atoms with Crippen LogP contribution in [0.15, 0.2) is 59.5 Å². The van der Waals surface area contributed by atoms with Gasteiger partial charge in [-0.2, -0.15) is 8.42 Å². The van der Waals surface area contributed by atoms with Crippen molar-refractivity contribution in [2.75, 3.05) is 0 Å². The largest absolute Gasteiger partial charge is 0.343 e. The Morgan fingerprint density at radius 3 is 2.19 bits per heavy atom. The van der Waals surface area contributed by atoms with Gasteiger partial charge in [-0.25, -0.2) is 4.79 Å². The molecule has 0 heterocycles. The molecule has 0 spiro atoms. The molecule has 1 unspecified atom stereocenters. The topological polar surface area (TPSA) is 86.5 Å². The first kappa shape index (κ1) is 15.2. The Bertz CT molecular complexity index is 724. The summed E-state index contributed by atoms with van der Waals surface area (Å²) in [6.45, 7) is 1.83. The van der Waals surface area contributed by atoms with Gasteiger partial charge in [-0.15, -0.1) is 0 Å². The van der Waals surface area contributed by atoms with Crippen LogP contribution in [-0.2, 0) is 19.1 Å². The minimum atomic E-state index is -4.16. The predicted molar refractivity (Wildman–Crippen MR) is 77.8 cm³/mol. The van der Waals surface area contributed by atoms with Crippen LogP contribution in [0.4, 0.5) is 0 Å². The second-order valence-corrected chi connectivity index (χ2v) is 6.10. The van der Waals surface area contributed by atoms with Crippen molar-refractivity contribution in [3.63, 3.8) is 0 Å². The van der Waals surface area contributed by atoms with Crippen molar-refractivity contribution in [2.45, 2.75) is 17.9 Å². The smallest absolute Gasteiger partial charge is 0.340 e. The summed E-state index contributed by atoms with van der Waals surface area (Å²) in [5.41, 5.74) is 7.10. The van der Waals surface area contributed by atoms with E-state index in [0.717, 1.165) is 5.56 Å². The molecule has 6 heteroatoms. The molecule has 0 aliphatic heterocycles. The lowest BCUT2D eigenvalue weighted by molar-refractivity contribution is -0.135. The number of nitrogens with two attached hydrogens (primary N) is 1. The van der Waals surface area contributed by atoms with Crippen molar-refractivity contribution < 1.29 is 17.4 Å². The van der Waals surface area contributed by atoms with E-state index in [1.807, 2.05) is 6.92 Å². The van der Waals surface area contributed by atoms with Crippen LogP contribution in [-0.4, -0.2) is 14.4 Å². The van der Waals surface area contributed by atoms with Gasteiger partial charge >= 0.3 is 16.1 Å². The summed E-state index contributed by atoms with van der Waals surface area (Å²) in [6.07, 6.45) is 0. The van der Waals surface area contributed by atoms with E-state index in [2.05, 4.69) is 4.18 Å². The van der Waals surface area contributed by atoms with Gasteiger partial charge in [-0.3, -0.25) is 0 Å². The molecule has 2 aromatic carbocycles. The summed E-state index contributed by atoms with van der Waals surface area (Å²) in [7, 11) is -4.16. The number of aryl methyl sites for hydroxylation is 1. The van der Waals surface area contributed by atoms with E-state index in [9.17, 15) is 13.2 Å². The second-order valence-electron chi connectivity index (χ2n) is 4.56. The van der Waals surface area contributed by atoms with Gasteiger partial charge in [0.2, 0.25) is 0 Å². The quantitative estimate of drug-likeness (QED) is 0.872. The van der Waals surface area contributed by atoms with E-state index >= 15 is 0 Å². The highest BCUT2D eigenvalue weighted by Crippen LogP contribution is 2.17. The zero-order chi connectivity index (χ0) is 15.5. The number of carbonyl (C=O) groups excluding carboxylic acids is 1. The SMILES string of the molecule is Cc1ccc(S(=O)(=O)OC(=O)C(N)c2ccccc2)cc1. The lowest BCUT2D eigenvalue weighted by Crippen LogP contribution is -2.26. The minimum Gasteiger partial charge on any atom is -0.340 e. The Hall–Kier alpha value is -2.18. The zero-order valence-corrected chi connectivity index (χ0v) is 12.2. The molecule has 0 amide bonds. The van der Waals surface area contributed by atoms with Crippen molar-refractivity contribution in [2.24, 2.45) is 5.73 Å². The maximum absolute atomic E-state index is 12.0. The fourth-order valence-corrected chi connectivity index (χ4v) is 2.60. The van der Waals surface area contributed by atoms with Crippen LogP contribution in [0, 0.1) is 6.92 Å². The number of benzene rings is 2. The van der Waals surface area contributed by atoms with Crippen molar-refractivity contribution in [1.29, 1.82) is 0 Å². The molecule has 0 saturated heterocycles. The molecule has 2 rings (SSSR count). The van der Waals surface area contributed by atoms with E-state index in [1.54, 1.807) is 42.5 Å². The van der Waals surface area contributed by atoms with E-state index < -0.39 is 22.1 Å². The Balaban J connectivity index is 2.17. The van der Waals surface area contributed by atoms with Crippen LogP contribution in [0.1, 0.15) is 17.2 Å². The molecule has 0 aliphatic rings. The van der Waals surface area contributed by atoms with Gasteiger partial charge in [0.15, 0.2) is 0 Å². The second kappa shape index (κ2) is 6.07. The third kappa shape index (κ3) is 3.68. The molecule has 0 saturated carbocycles. The third-order valence-electron chi connectivity index (χ3n) is 2.91. The molecule has 0 bridgehead atoms. The monoisotopic (exact) mass is 305 g/mol. The maximum Gasteiger partial charge on any atom is 0.343 e. The van der Waals surface area contributed by atoms with Crippen LogP contribution < -0.4 is 5.73 Å². The standard InChI is InChI=1S/C15H15NO4S/c1-11-7-9-13(10-8-11)21(18,19)20-15(17)14(16)12-5-3-2-4-6-12/h2-10,14H,16H2,1H3. The first-order chi connectivity index (χ1) is 9.90. The van der Waals surface area contributed by atoms with Crippen molar-refractivity contribution >= 4 is 16.1 Å². The molecule has 1 atom stereocenters. The van der Waals surface area contributed by atoms with E-state index in [0.29, 0.717) is 5.56 Å². The molecular weight excluding hydrogens is 290 g/mol. The fraction of sp³-hybridized carbons (Fsp3) is 0.133. The minimum absolute atomic E-state index is 0.0817. The van der Waals surface area contributed by atoms with Gasteiger partial charge in [-0.05, 0) is 24.6 Å². The van der Waals surface area contributed by atoms with Crippen LogP contribution in [0.5, 0.6) is 0 Å². The van der Waals surface area contributed by atoms with Crippen molar-refractivity contribution in [1.82, 2.24) is 0 Å². The van der Waals surface area contributed by atoms with Crippen LogP contribution in [0.25, 0.3) is 0 Å². The highest BCUT2D eigenvalue weighted by atomic mass is 32.2. The molecule has 0 fully saturated rings. The molecule has 0 radical (unpaired) electrons. The molecule has 21 heavy (non-hydrogen) atoms. The van der Waals surface area contributed by atoms with E-state index in [4.69, 9.17) is 5.73 Å². The van der Waals surface area contributed by atoms with Gasteiger partial charge in [0.25, 0.3) is 0 Å². The Labute approximate surface area is 123 Å². The summed E-state index contributed by atoms with van der Waals surface area (Å²) in [5.74, 6) is -1.01. The molecule has 2 N–H and O–H groups in total. The third-order valence-corrected chi connectivity index (χ3v) is 4.15. The molecular formula is C15H15NO4S. The molecule has 5 nitrogen and oxygen atoms in total. The molecule has 0 aromatic heterocycles. The lowest BCUT2D eigenvalue weighted by Gasteiger charge is -2.11. The summed E-state index contributed by atoms with van der Waals surface area (Å²) >= 11 is 0. The molecule has 110 valence electrons. The van der Waals surface area contributed by atoms with Gasteiger partial charge in [0, 0.05) is 0 Å². The van der Waals surface area contributed by atoms with Crippen molar-refractivity contribution in [3.8, 4) is 0 Å². The normalized spacial score (nSPS) is 12.7. The number of hydrogen-bond acceptors (Lipinski definition) is 5. The maximum atomic E-state index is 12.0. The molecule has 0 aliphatic carbocycles. The Kier molecular flexibility index (Phi) is 4.40. The lowest BCUT2D eigenvalue weighted by atomic mass is 10.1. The summed E-state index contributed by atoms with van der Waals surface area (Å²) in [5, 5.41) is 0. The van der Waals surface area contributed by atoms with Crippen molar-refractivity contribution in [3.05, 3.63) is 65.7 Å². The Morgan fingerprint density at radius 2 is 1.62 bits per heavy atom. The van der Waals surface area contributed by atoms with Gasteiger partial charge in [0.05, 0.1) is 0 Å². The van der Waals surface area contributed by atoms with Crippen LogP contribution in [0.3, 0.4) is 0 Å². The zero-order valence-electron chi connectivity index (χ0n) is 11.4. The highest BCUT2D eigenvalue weighted by molar-refractivity contribution is 7.87. The van der Waals surface area contributed by atoms with E-state index in [1.165, 1.54) is 12.1 Å². The average molecular weight is 305 g/mol. The average Bonchev–Trinajstić information content (AvgIpc) is 2.47. The van der Waals surface area contributed by atoms with Gasteiger partial charge < -0.3 is 9.92 Å². The van der Waals surface area contributed by atoms with Crippen LogP contribution in [0.2, 0.25) is 0 Å². The number of carbonyl (C=O) groups is 1. The summed E-state index contributed by atoms with van der Waals surface area (Å²) in [6, 6.07) is 13.3. The summed E-state index contributed by atoms with van der Waals surface area (Å²) in [4.78, 5) is 11.8. The first-order valence-corrected chi connectivity index (χ1v) is 7.66. The first-order valence-electron chi connectivity index (χ1n) is 6.26. The van der Waals surface area contributed by atoms with Crippen LogP contribution >= 0.6 is 0 Å².